The van der Waals surface area contributed by atoms with Crippen LogP contribution in [0.3, 0.4) is 0 Å². The zero-order valence-corrected chi connectivity index (χ0v) is 12.3. The number of nitrogens with zero attached hydrogens (tertiary/aromatic N) is 1. The molecule has 94 valence electrons. The largest absolute Gasteiger partial charge is 0.323 e. The zero-order valence-electron chi connectivity index (χ0n) is 9.98. The van der Waals surface area contributed by atoms with E-state index >= 15 is 0 Å². The van der Waals surface area contributed by atoms with E-state index in [0.717, 1.165) is 10.0 Å². The van der Waals surface area contributed by atoms with Crippen molar-refractivity contribution < 1.29 is 0 Å². The monoisotopic (exact) mass is 324 g/mol. The summed E-state index contributed by atoms with van der Waals surface area (Å²) < 4.78 is 0.947. The highest BCUT2D eigenvalue weighted by Gasteiger charge is 2.17. The van der Waals surface area contributed by atoms with Crippen LogP contribution < -0.4 is 5.73 Å². The van der Waals surface area contributed by atoms with E-state index in [2.05, 4.69) is 27.8 Å². The predicted molar refractivity (Wildman–Crippen MR) is 78.7 cm³/mol. The highest BCUT2D eigenvalue weighted by Crippen LogP contribution is 2.31. The summed E-state index contributed by atoms with van der Waals surface area (Å²) >= 11 is 9.49. The number of hydrogen-bond acceptors (Lipinski definition) is 2. The van der Waals surface area contributed by atoms with Gasteiger partial charge in [0.1, 0.15) is 0 Å². The SMILES string of the molecule is CC(c1ccncc1)C(N)c1cc(Cl)cc(Br)c1. The maximum Gasteiger partial charge on any atom is 0.0420 e. The second kappa shape index (κ2) is 5.83. The molecule has 0 radical (unpaired) electrons. The molecule has 2 nitrogen and oxygen atoms in total. The van der Waals surface area contributed by atoms with Crippen molar-refractivity contribution in [3.8, 4) is 0 Å². The van der Waals surface area contributed by atoms with Crippen LogP contribution in [0.25, 0.3) is 0 Å². The molecule has 2 unspecified atom stereocenters. The quantitative estimate of drug-likeness (QED) is 0.913. The van der Waals surface area contributed by atoms with Crippen molar-refractivity contribution in [3.63, 3.8) is 0 Å². The van der Waals surface area contributed by atoms with E-state index in [1.54, 1.807) is 12.4 Å². The number of aromatic nitrogens is 1. The molecule has 1 aromatic heterocycles. The molecule has 0 bridgehead atoms. The van der Waals surface area contributed by atoms with Crippen molar-refractivity contribution in [2.45, 2.75) is 18.9 Å². The molecule has 0 aliphatic rings. The minimum absolute atomic E-state index is 0.0950. The van der Waals surface area contributed by atoms with Gasteiger partial charge in [-0.1, -0.05) is 34.5 Å². The van der Waals surface area contributed by atoms with E-state index in [4.69, 9.17) is 17.3 Å². The molecule has 1 heterocycles. The first kappa shape index (κ1) is 13.5. The Bertz CT molecular complexity index is 510. The van der Waals surface area contributed by atoms with Crippen molar-refractivity contribution in [3.05, 3.63) is 63.3 Å². The van der Waals surface area contributed by atoms with Gasteiger partial charge in [0.25, 0.3) is 0 Å². The predicted octanol–water partition coefficient (Wildman–Crippen LogP) is 4.30. The zero-order chi connectivity index (χ0) is 13.1. The highest BCUT2D eigenvalue weighted by atomic mass is 79.9. The van der Waals surface area contributed by atoms with Crippen molar-refractivity contribution in [2.75, 3.05) is 0 Å². The Labute approximate surface area is 120 Å². The van der Waals surface area contributed by atoms with Crippen LogP contribution in [0, 0.1) is 0 Å². The van der Waals surface area contributed by atoms with Gasteiger partial charge in [-0.15, -0.1) is 0 Å². The van der Waals surface area contributed by atoms with Crippen molar-refractivity contribution in [1.29, 1.82) is 0 Å². The smallest absolute Gasteiger partial charge is 0.0420 e. The normalized spacial score (nSPS) is 14.2. The van der Waals surface area contributed by atoms with Gasteiger partial charge in [0.2, 0.25) is 0 Å². The van der Waals surface area contributed by atoms with Crippen LogP contribution in [0.15, 0.2) is 47.2 Å². The molecule has 18 heavy (non-hydrogen) atoms. The molecule has 2 aromatic rings. The molecule has 1 aromatic carbocycles. The Hall–Kier alpha value is -0.900. The molecule has 0 fully saturated rings. The van der Waals surface area contributed by atoms with Crippen LogP contribution >= 0.6 is 27.5 Å². The van der Waals surface area contributed by atoms with Crippen LogP contribution in [-0.4, -0.2) is 4.98 Å². The lowest BCUT2D eigenvalue weighted by Crippen LogP contribution is -2.17. The average Bonchev–Trinajstić information content (AvgIpc) is 2.37. The summed E-state index contributed by atoms with van der Waals surface area (Å²) in [6, 6.07) is 9.66. The third kappa shape index (κ3) is 3.10. The standard InChI is InChI=1S/C14H14BrClN2/c1-9(10-2-4-18-5-3-10)14(17)11-6-12(15)8-13(16)7-11/h2-9,14H,17H2,1H3. The van der Waals surface area contributed by atoms with E-state index in [9.17, 15) is 0 Å². The number of nitrogens with two attached hydrogens (primary N) is 1. The lowest BCUT2D eigenvalue weighted by molar-refractivity contribution is 0.597. The number of halogens is 2. The summed E-state index contributed by atoms with van der Waals surface area (Å²) in [5, 5.41) is 0.691. The molecule has 2 N–H and O–H groups in total. The first-order valence-corrected chi connectivity index (χ1v) is 6.86. The van der Waals surface area contributed by atoms with Crippen molar-refractivity contribution in [1.82, 2.24) is 4.98 Å². The molecule has 0 aliphatic heterocycles. The van der Waals surface area contributed by atoms with Gasteiger partial charge in [-0.3, -0.25) is 4.98 Å². The fourth-order valence-corrected chi connectivity index (χ4v) is 2.82. The molecule has 0 saturated carbocycles. The van der Waals surface area contributed by atoms with Crippen LogP contribution in [0.1, 0.15) is 30.0 Å². The maximum atomic E-state index is 6.31. The van der Waals surface area contributed by atoms with Crippen molar-refractivity contribution >= 4 is 27.5 Å². The molecule has 0 amide bonds. The van der Waals surface area contributed by atoms with Crippen LogP contribution in [0.5, 0.6) is 0 Å². The van der Waals surface area contributed by atoms with E-state index < -0.39 is 0 Å². The molecule has 2 rings (SSSR count). The fourth-order valence-electron chi connectivity index (χ4n) is 1.93. The molecular formula is C14H14BrClN2. The Morgan fingerprint density at radius 1 is 1.17 bits per heavy atom. The van der Waals surface area contributed by atoms with E-state index in [-0.39, 0.29) is 12.0 Å². The summed E-state index contributed by atoms with van der Waals surface area (Å²) in [6.45, 7) is 2.11. The molecule has 4 heteroatoms. The second-order valence-corrected chi connectivity index (χ2v) is 5.65. The second-order valence-electron chi connectivity index (χ2n) is 4.30. The maximum absolute atomic E-state index is 6.31. The summed E-state index contributed by atoms with van der Waals surface area (Å²) in [7, 11) is 0. The third-order valence-electron chi connectivity index (χ3n) is 3.04. The number of hydrogen-bond donors (Lipinski definition) is 1. The first-order valence-electron chi connectivity index (χ1n) is 5.69. The van der Waals surface area contributed by atoms with Crippen LogP contribution in [0.4, 0.5) is 0 Å². The third-order valence-corrected chi connectivity index (χ3v) is 3.72. The molecular weight excluding hydrogens is 312 g/mol. The van der Waals surface area contributed by atoms with Crippen LogP contribution in [-0.2, 0) is 0 Å². The van der Waals surface area contributed by atoms with Gasteiger partial charge < -0.3 is 5.73 Å². The average molecular weight is 326 g/mol. The number of pyridine rings is 1. The summed E-state index contributed by atoms with van der Waals surface area (Å²) in [5.74, 6) is 0.207. The highest BCUT2D eigenvalue weighted by molar-refractivity contribution is 9.10. The molecule has 0 aliphatic carbocycles. The van der Waals surface area contributed by atoms with Gasteiger partial charge in [-0.25, -0.2) is 0 Å². The summed E-state index contributed by atoms with van der Waals surface area (Å²) in [6.07, 6.45) is 3.57. The Morgan fingerprint density at radius 3 is 2.44 bits per heavy atom. The number of rotatable bonds is 3. The molecule has 0 spiro atoms. The summed E-state index contributed by atoms with van der Waals surface area (Å²) in [5.41, 5.74) is 8.51. The van der Waals surface area contributed by atoms with Crippen molar-refractivity contribution in [2.24, 2.45) is 5.73 Å². The first-order chi connectivity index (χ1) is 8.58. The topological polar surface area (TPSA) is 38.9 Å². The van der Waals surface area contributed by atoms with Gasteiger partial charge in [0, 0.05) is 33.8 Å². The minimum atomic E-state index is -0.0950. The Kier molecular flexibility index (Phi) is 4.38. The van der Waals surface area contributed by atoms with E-state index in [0.29, 0.717) is 5.02 Å². The van der Waals surface area contributed by atoms with E-state index in [1.165, 1.54) is 5.56 Å². The lowest BCUT2D eigenvalue weighted by Gasteiger charge is -2.21. The molecule has 0 saturated heterocycles. The number of benzene rings is 1. The Balaban J connectivity index is 2.28. The lowest BCUT2D eigenvalue weighted by atomic mass is 9.90. The minimum Gasteiger partial charge on any atom is -0.323 e. The van der Waals surface area contributed by atoms with E-state index in [1.807, 2.05) is 30.3 Å². The van der Waals surface area contributed by atoms with Gasteiger partial charge in [-0.2, -0.15) is 0 Å². The van der Waals surface area contributed by atoms with Crippen LogP contribution in [0.2, 0.25) is 5.02 Å². The molecule has 2 atom stereocenters. The van der Waals surface area contributed by atoms with Gasteiger partial charge in [-0.05, 0) is 41.5 Å². The van der Waals surface area contributed by atoms with Gasteiger partial charge >= 0.3 is 0 Å². The fraction of sp³-hybridized carbons (Fsp3) is 0.214. The van der Waals surface area contributed by atoms with Gasteiger partial charge in [0.05, 0.1) is 0 Å². The van der Waals surface area contributed by atoms with Gasteiger partial charge in [0.15, 0.2) is 0 Å². The summed E-state index contributed by atoms with van der Waals surface area (Å²) in [4.78, 5) is 4.02. The Morgan fingerprint density at radius 2 is 1.83 bits per heavy atom.